The average Bonchev–Trinajstić information content (AvgIpc) is 1.27. The summed E-state index contributed by atoms with van der Waals surface area (Å²) in [5.41, 5.74) is 0. The van der Waals surface area contributed by atoms with Gasteiger partial charge >= 0.3 is 38.8 Å². The van der Waals surface area contributed by atoms with E-state index >= 15 is 0 Å². The molecule has 9 heavy (non-hydrogen) atoms. The van der Waals surface area contributed by atoms with Gasteiger partial charge in [0, 0.05) is 0 Å². The van der Waals surface area contributed by atoms with Crippen LogP contribution in [0.4, 0.5) is 0 Å². The number of phosphoric acid groups is 1. The van der Waals surface area contributed by atoms with Gasteiger partial charge in [0.05, 0.1) is 0 Å². The predicted molar refractivity (Wildman–Crippen MR) is 19.2 cm³/mol. The smallest absolute Gasteiger partial charge is 0.756 e. The van der Waals surface area contributed by atoms with Crippen LogP contribution in [0.5, 0.6) is 0 Å². The monoisotopic (exact) mass is 180 g/mol. The van der Waals surface area contributed by atoms with Gasteiger partial charge in [0.25, 0.3) is 7.82 Å². The van der Waals surface area contributed by atoms with Crippen LogP contribution in [-0.4, -0.2) is 19.1 Å². The van der Waals surface area contributed by atoms with E-state index in [0.717, 1.165) is 0 Å². The van der Waals surface area contributed by atoms with Crippen LogP contribution in [-0.2, 0) is 13.5 Å². The van der Waals surface area contributed by atoms with E-state index in [4.69, 9.17) is 28.2 Å². The Bertz CT molecular complexity index is 111. The minimum absolute atomic E-state index is 0. The molecular weight excluding hydrogens is 178 g/mol. The van der Waals surface area contributed by atoms with E-state index in [1.807, 2.05) is 0 Å². The van der Waals surface area contributed by atoms with Gasteiger partial charge in [-0.05, 0) is 0 Å². The second-order valence-electron chi connectivity index (χ2n) is 0.574. The summed E-state index contributed by atoms with van der Waals surface area (Å²) in [6, 6.07) is 0. The quantitative estimate of drug-likeness (QED) is 0.284. The molecule has 0 rings (SSSR count). The molecule has 0 saturated heterocycles. The molecule has 0 aliphatic rings. The number of rotatable bonds is 0. The normalized spacial score (nSPS) is 7.44. The van der Waals surface area contributed by atoms with Gasteiger partial charge in [-0.25, -0.2) is 0 Å². The molecule has 0 atom stereocenters. The van der Waals surface area contributed by atoms with Gasteiger partial charge in [-0.15, -0.1) is 0 Å². The summed E-state index contributed by atoms with van der Waals surface area (Å²) in [7, 11) is -6.31. The van der Waals surface area contributed by atoms with Gasteiger partial charge in [0.2, 0.25) is 0 Å². The zero-order chi connectivity index (χ0) is 7.21. The van der Waals surface area contributed by atoms with Gasteiger partial charge in [-0.2, -0.15) is 0 Å². The van der Waals surface area contributed by atoms with Gasteiger partial charge in [0.15, 0.2) is 0 Å². The van der Waals surface area contributed by atoms with Crippen molar-refractivity contribution in [2.24, 2.45) is 0 Å². The SMILES string of the molecule is O=P([O-])(O)O.O=[Si]=O.[Na+]. The van der Waals surface area contributed by atoms with Gasteiger partial charge in [-0.1, -0.05) is 0 Å². The van der Waals surface area contributed by atoms with Crippen molar-refractivity contribution in [1.82, 2.24) is 0 Å². The van der Waals surface area contributed by atoms with Crippen molar-refractivity contribution in [1.29, 1.82) is 0 Å². The molecule has 0 aliphatic heterocycles. The topological polar surface area (TPSA) is 115 Å². The molecule has 0 amide bonds. The van der Waals surface area contributed by atoms with Crippen molar-refractivity contribution in [2.75, 3.05) is 0 Å². The molecule has 2 N–H and O–H groups in total. The molecular formula is H2NaO6PSi. The van der Waals surface area contributed by atoms with E-state index in [1.165, 1.54) is 0 Å². The summed E-state index contributed by atoms with van der Waals surface area (Å²) in [4.78, 5) is 22.9. The first-order chi connectivity index (χ1) is 3.41. The van der Waals surface area contributed by atoms with Crippen LogP contribution >= 0.6 is 7.82 Å². The van der Waals surface area contributed by atoms with E-state index in [-0.39, 0.29) is 29.6 Å². The van der Waals surface area contributed by atoms with Crippen LogP contribution in [0.1, 0.15) is 0 Å². The molecule has 6 nitrogen and oxygen atoms in total. The van der Waals surface area contributed by atoms with E-state index < -0.39 is 17.1 Å². The second kappa shape index (κ2) is 8.93. The zero-order valence-electron chi connectivity index (χ0n) is 4.47. The fourth-order valence-corrected chi connectivity index (χ4v) is 0. The maximum Gasteiger partial charge on any atom is 1.00 e. The molecule has 0 spiro atoms. The Labute approximate surface area is 74.8 Å². The van der Waals surface area contributed by atoms with Gasteiger partial charge in [0.1, 0.15) is 0 Å². The summed E-state index contributed by atoms with van der Waals surface area (Å²) in [6.07, 6.45) is 0. The first-order valence-electron chi connectivity index (χ1n) is 1.17. The Kier molecular flexibility index (Phi) is 16.4. The van der Waals surface area contributed by atoms with Crippen molar-refractivity contribution in [2.45, 2.75) is 0 Å². The fraction of sp³-hybridized carbons (Fsp3) is 0. The molecule has 0 aromatic rings. The first kappa shape index (κ1) is 16.5. The minimum atomic E-state index is -4.89. The van der Waals surface area contributed by atoms with Gasteiger partial charge < -0.3 is 14.7 Å². The third kappa shape index (κ3) is 499. The van der Waals surface area contributed by atoms with Crippen molar-refractivity contribution in [3.8, 4) is 0 Å². The van der Waals surface area contributed by atoms with Crippen molar-refractivity contribution < 1.29 is 57.7 Å². The van der Waals surface area contributed by atoms with Crippen molar-refractivity contribution in [3.05, 3.63) is 0 Å². The van der Waals surface area contributed by atoms with Crippen LogP contribution in [0, 0.1) is 0 Å². The standard InChI is InChI=1S/Na.H3O4P.O2Si/c;1-5(2,3)4;1-3-2/h;(H3,1,2,3,4);/q+1;;/p-1. The summed E-state index contributed by atoms with van der Waals surface area (Å²) >= 11 is 0. The Balaban J connectivity index is -0.0000000800. The predicted octanol–water partition coefficient (Wildman–Crippen LogP) is -5.17. The van der Waals surface area contributed by atoms with Crippen LogP contribution in [0.2, 0.25) is 0 Å². The molecule has 48 valence electrons. The summed E-state index contributed by atoms with van der Waals surface area (Å²) < 4.78 is 25.6. The molecule has 0 radical (unpaired) electrons. The molecule has 9 heteroatoms. The van der Waals surface area contributed by atoms with Crippen molar-refractivity contribution >= 4 is 17.1 Å². The molecule has 0 aromatic heterocycles. The largest absolute Gasteiger partial charge is 1.00 e. The van der Waals surface area contributed by atoms with Crippen molar-refractivity contribution in [3.63, 3.8) is 0 Å². The number of hydrogen-bond donors (Lipinski definition) is 2. The molecule has 0 fully saturated rings. The third-order valence-electron chi connectivity index (χ3n) is 0. The third-order valence-corrected chi connectivity index (χ3v) is 0. The molecule has 0 aliphatic carbocycles. The molecule has 0 bridgehead atoms. The minimum Gasteiger partial charge on any atom is -0.756 e. The molecule has 0 saturated carbocycles. The average molecular weight is 180 g/mol. The molecule has 0 aromatic carbocycles. The second-order valence-corrected chi connectivity index (χ2v) is 1.72. The van der Waals surface area contributed by atoms with E-state index in [1.54, 1.807) is 0 Å². The Hall–Kier alpha value is 0.927. The summed E-state index contributed by atoms with van der Waals surface area (Å²) in [6.45, 7) is 0. The van der Waals surface area contributed by atoms with Gasteiger partial charge in [-0.3, -0.25) is 13.5 Å². The van der Waals surface area contributed by atoms with Crippen LogP contribution in [0.25, 0.3) is 0 Å². The first-order valence-corrected chi connectivity index (χ1v) is 3.52. The fourth-order valence-electron chi connectivity index (χ4n) is 0. The number of hydrogen-bond acceptors (Lipinski definition) is 4. The van der Waals surface area contributed by atoms with Crippen LogP contribution < -0.4 is 34.5 Å². The maximum atomic E-state index is 8.77. The van der Waals surface area contributed by atoms with E-state index in [9.17, 15) is 0 Å². The molecule has 0 heterocycles. The van der Waals surface area contributed by atoms with Crippen LogP contribution in [0.15, 0.2) is 0 Å². The maximum absolute atomic E-state index is 8.77. The Morgan fingerprint density at radius 1 is 1.33 bits per heavy atom. The summed E-state index contributed by atoms with van der Waals surface area (Å²) in [5.74, 6) is 0. The van der Waals surface area contributed by atoms with Crippen LogP contribution in [0.3, 0.4) is 0 Å². The Morgan fingerprint density at radius 3 is 1.33 bits per heavy atom. The zero-order valence-corrected chi connectivity index (χ0v) is 8.37. The van der Waals surface area contributed by atoms with E-state index in [2.05, 4.69) is 0 Å². The molecule has 0 unspecified atom stereocenters. The summed E-state index contributed by atoms with van der Waals surface area (Å²) in [5, 5.41) is 0. The van der Waals surface area contributed by atoms with E-state index in [0.29, 0.717) is 0 Å². The Morgan fingerprint density at radius 2 is 1.33 bits per heavy atom.